The lowest BCUT2D eigenvalue weighted by Crippen LogP contribution is -2.45. The molecule has 2 atom stereocenters. The third-order valence-electron chi connectivity index (χ3n) is 12.8. The maximum absolute atomic E-state index is 12.4. The van der Waals surface area contributed by atoms with Crippen molar-refractivity contribution in [3.63, 3.8) is 0 Å². The fourth-order valence-electron chi connectivity index (χ4n) is 8.51. The van der Waals surface area contributed by atoms with Gasteiger partial charge in [-0.1, -0.05) is 250 Å². The summed E-state index contributed by atoms with van der Waals surface area (Å²) in [5.41, 5.74) is 0. The number of hydrogen-bond donors (Lipinski definition) is 3. The van der Waals surface area contributed by atoms with Gasteiger partial charge in [0.2, 0.25) is 5.91 Å². The molecule has 0 aliphatic carbocycles. The molecule has 6 heteroatoms. The van der Waals surface area contributed by atoms with E-state index >= 15 is 0 Å². The normalized spacial score (nSPS) is 12.8. The molecule has 0 saturated carbocycles. The molecule has 62 heavy (non-hydrogen) atoms. The van der Waals surface area contributed by atoms with Crippen molar-refractivity contribution in [2.75, 3.05) is 13.2 Å². The van der Waals surface area contributed by atoms with E-state index in [1.54, 1.807) is 0 Å². The Kier molecular flexibility index (Phi) is 50.6. The zero-order valence-corrected chi connectivity index (χ0v) is 41.6. The van der Waals surface area contributed by atoms with Crippen LogP contribution in [0.1, 0.15) is 296 Å². The highest BCUT2D eigenvalue weighted by molar-refractivity contribution is 5.76. The molecular weight excluding hydrogens is 767 g/mol. The molecule has 0 aromatic carbocycles. The average molecular weight is 874 g/mol. The third-order valence-corrected chi connectivity index (χ3v) is 12.8. The summed E-state index contributed by atoms with van der Waals surface area (Å²) in [5.74, 6) is -0.0564. The Labute approximate surface area is 386 Å². The van der Waals surface area contributed by atoms with E-state index in [9.17, 15) is 19.8 Å². The van der Waals surface area contributed by atoms with Gasteiger partial charge in [-0.15, -0.1) is 0 Å². The molecule has 0 spiro atoms. The van der Waals surface area contributed by atoms with Crippen molar-refractivity contribution in [2.24, 2.45) is 0 Å². The van der Waals surface area contributed by atoms with Gasteiger partial charge in [-0.25, -0.2) is 0 Å². The van der Waals surface area contributed by atoms with Crippen LogP contribution < -0.4 is 5.32 Å². The summed E-state index contributed by atoms with van der Waals surface area (Å²) in [6.45, 7) is 4.91. The van der Waals surface area contributed by atoms with E-state index in [1.807, 2.05) is 0 Å². The molecule has 0 aliphatic heterocycles. The lowest BCUT2D eigenvalue weighted by molar-refractivity contribution is -0.143. The zero-order valence-electron chi connectivity index (χ0n) is 41.6. The molecule has 3 N–H and O–H groups in total. The number of ether oxygens (including phenoxy) is 1. The molecule has 1 amide bonds. The molecule has 0 saturated heterocycles. The smallest absolute Gasteiger partial charge is 0.305 e. The standard InChI is InChI=1S/C56H107NO5/c1-3-5-7-9-11-13-15-16-17-24-27-30-34-38-42-46-50-56(61)62-51-47-43-39-35-31-28-25-22-20-18-19-21-23-26-29-33-37-41-45-49-55(60)57-53(52-58)54(59)48-44-40-36-32-14-12-10-8-6-4-2/h22,25,28,31,53-54,58-59H,3-21,23-24,26-27,29-30,32-52H2,1-2H3,(H,57,60)/b25-22-,31-28-. The number of rotatable bonds is 51. The first-order valence-electron chi connectivity index (χ1n) is 27.6. The molecular formula is C56H107NO5. The summed E-state index contributed by atoms with van der Waals surface area (Å²) in [4.78, 5) is 24.4. The molecule has 0 bridgehead atoms. The second kappa shape index (κ2) is 52.0. The summed E-state index contributed by atoms with van der Waals surface area (Å²) < 4.78 is 5.46. The summed E-state index contributed by atoms with van der Waals surface area (Å²) >= 11 is 0. The Morgan fingerprint density at radius 1 is 0.452 bits per heavy atom. The predicted octanol–water partition coefficient (Wildman–Crippen LogP) is 16.7. The molecule has 0 heterocycles. The van der Waals surface area contributed by atoms with Gasteiger partial charge in [-0.3, -0.25) is 9.59 Å². The average Bonchev–Trinajstić information content (AvgIpc) is 3.27. The number of carbonyl (C=O) groups excluding carboxylic acids is 2. The Morgan fingerprint density at radius 2 is 0.790 bits per heavy atom. The van der Waals surface area contributed by atoms with E-state index in [-0.39, 0.29) is 18.5 Å². The van der Waals surface area contributed by atoms with Gasteiger partial charge in [0.15, 0.2) is 0 Å². The first-order chi connectivity index (χ1) is 30.5. The van der Waals surface area contributed by atoms with Crippen LogP contribution in [0.15, 0.2) is 24.3 Å². The van der Waals surface area contributed by atoms with Gasteiger partial charge >= 0.3 is 5.97 Å². The minimum absolute atomic E-state index is 0.0101. The zero-order chi connectivity index (χ0) is 45.1. The number of esters is 1. The molecule has 0 aliphatic rings. The van der Waals surface area contributed by atoms with E-state index in [2.05, 4.69) is 43.5 Å². The molecule has 0 fully saturated rings. The van der Waals surface area contributed by atoms with E-state index in [0.717, 1.165) is 70.6 Å². The SMILES string of the molecule is CCCCCCCCCCCCCCCCCCC(=O)OCCCCC/C=C\C=C/CCCCCCCCCCCCC(=O)NC(CO)C(O)CCCCCCCCCCCC. The first-order valence-corrected chi connectivity index (χ1v) is 27.6. The van der Waals surface area contributed by atoms with E-state index in [4.69, 9.17) is 4.74 Å². The Morgan fingerprint density at radius 3 is 1.19 bits per heavy atom. The predicted molar refractivity (Wildman–Crippen MR) is 269 cm³/mol. The van der Waals surface area contributed by atoms with Crippen molar-refractivity contribution in [1.29, 1.82) is 0 Å². The summed E-state index contributed by atoms with van der Waals surface area (Å²) in [5, 5.41) is 23.1. The van der Waals surface area contributed by atoms with Gasteiger partial charge in [-0.05, 0) is 57.8 Å². The molecule has 0 aromatic heterocycles. The highest BCUT2D eigenvalue weighted by atomic mass is 16.5. The number of unbranched alkanes of at least 4 members (excludes halogenated alkanes) is 37. The van der Waals surface area contributed by atoms with Crippen LogP contribution in [0.2, 0.25) is 0 Å². The number of aliphatic hydroxyl groups excluding tert-OH is 2. The van der Waals surface area contributed by atoms with Gasteiger partial charge in [0.05, 0.1) is 25.4 Å². The van der Waals surface area contributed by atoms with Gasteiger partial charge in [0.25, 0.3) is 0 Å². The van der Waals surface area contributed by atoms with Crippen LogP contribution in [0.5, 0.6) is 0 Å². The van der Waals surface area contributed by atoms with Gasteiger partial charge in [0, 0.05) is 12.8 Å². The van der Waals surface area contributed by atoms with E-state index in [1.165, 1.54) is 193 Å². The van der Waals surface area contributed by atoms with Gasteiger partial charge in [0.1, 0.15) is 0 Å². The Bertz CT molecular complexity index is 966. The van der Waals surface area contributed by atoms with Crippen molar-refractivity contribution in [1.82, 2.24) is 5.32 Å². The lowest BCUT2D eigenvalue weighted by atomic mass is 10.0. The Balaban J connectivity index is 3.44. The van der Waals surface area contributed by atoms with E-state index in [0.29, 0.717) is 25.9 Å². The number of hydrogen-bond acceptors (Lipinski definition) is 5. The fourth-order valence-corrected chi connectivity index (χ4v) is 8.51. The monoisotopic (exact) mass is 874 g/mol. The van der Waals surface area contributed by atoms with Crippen LogP contribution in [0.25, 0.3) is 0 Å². The van der Waals surface area contributed by atoms with Crippen molar-refractivity contribution in [2.45, 2.75) is 309 Å². The second-order valence-corrected chi connectivity index (χ2v) is 18.9. The lowest BCUT2D eigenvalue weighted by Gasteiger charge is -2.22. The quantitative estimate of drug-likeness (QED) is 0.0321. The van der Waals surface area contributed by atoms with Gasteiger partial charge in [-0.2, -0.15) is 0 Å². The van der Waals surface area contributed by atoms with Crippen molar-refractivity contribution < 1.29 is 24.5 Å². The summed E-state index contributed by atoms with van der Waals surface area (Å²) in [6.07, 6.45) is 61.7. The topological polar surface area (TPSA) is 95.9 Å². The van der Waals surface area contributed by atoms with Crippen LogP contribution in [0.3, 0.4) is 0 Å². The molecule has 2 unspecified atom stereocenters. The number of amides is 1. The van der Waals surface area contributed by atoms with Crippen LogP contribution in [0.4, 0.5) is 0 Å². The summed E-state index contributed by atoms with van der Waals surface area (Å²) in [7, 11) is 0. The number of allylic oxidation sites excluding steroid dienone is 4. The number of aliphatic hydroxyl groups is 2. The molecule has 0 rings (SSSR count). The second-order valence-electron chi connectivity index (χ2n) is 18.9. The highest BCUT2D eigenvalue weighted by Gasteiger charge is 2.20. The maximum atomic E-state index is 12.4. The van der Waals surface area contributed by atoms with Crippen molar-refractivity contribution in [3.05, 3.63) is 24.3 Å². The molecule has 0 radical (unpaired) electrons. The van der Waals surface area contributed by atoms with Crippen LogP contribution in [0, 0.1) is 0 Å². The van der Waals surface area contributed by atoms with Gasteiger partial charge < -0.3 is 20.3 Å². The largest absolute Gasteiger partial charge is 0.466 e. The maximum Gasteiger partial charge on any atom is 0.305 e. The molecule has 0 aromatic rings. The molecule has 6 nitrogen and oxygen atoms in total. The Hall–Kier alpha value is -1.66. The minimum Gasteiger partial charge on any atom is -0.466 e. The van der Waals surface area contributed by atoms with Crippen LogP contribution in [-0.4, -0.2) is 47.4 Å². The minimum atomic E-state index is -0.669. The summed E-state index contributed by atoms with van der Waals surface area (Å²) in [6, 6.07) is -0.547. The van der Waals surface area contributed by atoms with E-state index < -0.39 is 12.1 Å². The van der Waals surface area contributed by atoms with Crippen LogP contribution >= 0.6 is 0 Å². The third kappa shape index (κ3) is 47.8. The number of carbonyl (C=O) groups is 2. The van der Waals surface area contributed by atoms with Crippen molar-refractivity contribution in [3.8, 4) is 0 Å². The highest BCUT2D eigenvalue weighted by Crippen LogP contribution is 2.17. The first kappa shape index (κ1) is 60.3. The molecule has 366 valence electrons. The van der Waals surface area contributed by atoms with Crippen LogP contribution in [-0.2, 0) is 14.3 Å². The fraction of sp³-hybridized carbons (Fsp3) is 0.893. The van der Waals surface area contributed by atoms with Crippen molar-refractivity contribution >= 4 is 11.9 Å². The number of nitrogens with one attached hydrogen (secondary N) is 1.